The number of carbonyl (C=O) groups excluding carboxylic acids is 2. The maximum Gasteiger partial charge on any atom is 0.317 e. The number of hydrogen-bond acceptors (Lipinski definition) is 2. The van der Waals surface area contributed by atoms with Gasteiger partial charge in [-0.3, -0.25) is 10.1 Å². The summed E-state index contributed by atoms with van der Waals surface area (Å²) in [6.45, 7) is 0. The molecule has 24 heavy (non-hydrogen) atoms. The van der Waals surface area contributed by atoms with Gasteiger partial charge in [0.05, 0.1) is 5.56 Å². The van der Waals surface area contributed by atoms with Crippen LogP contribution in [0.1, 0.15) is 21.5 Å². The first-order valence-corrected chi connectivity index (χ1v) is 7.29. The summed E-state index contributed by atoms with van der Waals surface area (Å²) in [7, 11) is 0. The molecule has 3 amide bonds. The number of aromatic amines is 1. The summed E-state index contributed by atoms with van der Waals surface area (Å²) in [6, 6.07) is 14.7. The van der Waals surface area contributed by atoms with Gasteiger partial charge in [-0.05, 0) is 17.2 Å². The number of primary amides is 2. The van der Waals surface area contributed by atoms with Crippen molar-refractivity contribution in [2.24, 2.45) is 11.5 Å². The zero-order valence-corrected chi connectivity index (χ0v) is 12.7. The minimum absolute atomic E-state index is 0.203. The lowest BCUT2D eigenvalue weighted by atomic mass is 10.1. The van der Waals surface area contributed by atoms with Crippen LogP contribution in [-0.2, 0) is 0 Å². The Bertz CT molecular complexity index is 942. The normalized spacial score (nSPS) is 11.0. The Balaban J connectivity index is 2.01. The van der Waals surface area contributed by atoms with E-state index >= 15 is 0 Å². The maximum absolute atomic E-state index is 11.7. The van der Waals surface area contributed by atoms with Gasteiger partial charge in [0.1, 0.15) is 5.82 Å². The Morgan fingerprint density at radius 2 is 1.67 bits per heavy atom. The third-order valence-corrected chi connectivity index (χ3v) is 3.59. The average molecular weight is 320 g/mol. The molecule has 3 aromatic rings. The highest BCUT2D eigenvalue weighted by Gasteiger charge is 2.17. The Kier molecular flexibility index (Phi) is 4.03. The molecular weight excluding hydrogens is 304 g/mol. The van der Waals surface area contributed by atoms with Crippen LogP contribution in [-0.4, -0.2) is 16.9 Å². The number of nitrogens with two attached hydrogens (primary N) is 2. The molecule has 0 bridgehead atoms. The molecule has 0 aliphatic heterocycles. The minimum atomic E-state index is -0.770. The van der Waals surface area contributed by atoms with E-state index in [4.69, 9.17) is 11.5 Å². The zero-order chi connectivity index (χ0) is 17.1. The predicted octanol–water partition coefficient (Wildman–Crippen LogP) is 2.93. The predicted molar refractivity (Wildman–Crippen MR) is 95.4 cm³/mol. The average Bonchev–Trinajstić information content (AvgIpc) is 2.90. The van der Waals surface area contributed by atoms with Gasteiger partial charge in [0.25, 0.3) is 5.91 Å². The van der Waals surface area contributed by atoms with Crippen LogP contribution in [0.3, 0.4) is 0 Å². The summed E-state index contributed by atoms with van der Waals surface area (Å²) in [6.07, 6.45) is 3.95. The Morgan fingerprint density at radius 3 is 2.33 bits per heavy atom. The van der Waals surface area contributed by atoms with E-state index < -0.39 is 11.9 Å². The van der Waals surface area contributed by atoms with Crippen LogP contribution < -0.4 is 16.8 Å². The molecule has 0 spiro atoms. The number of hydrogen-bond donors (Lipinski definition) is 4. The van der Waals surface area contributed by atoms with Crippen LogP contribution in [0.15, 0.2) is 48.5 Å². The van der Waals surface area contributed by atoms with Gasteiger partial charge in [0.15, 0.2) is 0 Å². The molecule has 0 fully saturated rings. The monoisotopic (exact) mass is 320 g/mol. The highest BCUT2D eigenvalue weighted by Crippen LogP contribution is 2.27. The lowest BCUT2D eigenvalue weighted by Gasteiger charge is -2.00. The second-order valence-corrected chi connectivity index (χ2v) is 5.28. The number of rotatable bonds is 4. The van der Waals surface area contributed by atoms with E-state index in [2.05, 4.69) is 10.3 Å². The molecule has 1 heterocycles. The summed E-state index contributed by atoms with van der Waals surface area (Å²) in [5.41, 5.74) is 13.4. The number of carbonyl (C=O) groups is 2. The van der Waals surface area contributed by atoms with E-state index in [0.717, 1.165) is 11.1 Å². The van der Waals surface area contributed by atoms with E-state index in [1.807, 2.05) is 54.6 Å². The molecule has 0 aliphatic rings. The van der Waals surface area contributed by atoms with Crippen molar-refractivity contribution in [3.8, 4) is 0 Å². The molecule has 6 heteroatoms. The van der Waals surface area contributed by atoms with Crippen LogP contribution >= 0.6 is 0 Å². The molecule has 0 saturated carbocycles. The number of benzene rings is 2. The molecule has 2 aromatic carbocycles. The second kappa shape index (κ2) is 6.29. The highest BCUT2D eigenvalue weighted by atomic mass is 16.2. The van der Waals surface area contributed by atoms with Crippen molar-refractivity contribution in [1.29, 1.82) is 0 Å². The smallest absolute Gasteiger partial charge is 0.317 e. The highest BCUT2D eigenvalue weighted by molar-refractivity contribution is 6.13. The van der Waals surface area contributed by atoms with Crippen molar-refractivity contribution in [1.82, 2.24) is 4.98 Å². The van der Waals surface area contributed by atoms with Gasteiger partial charge in [-0.2, -0.15) is 0 Å². The van der Waals surface area contributed by atoms with Crippen molar-refractivity contribution in [2.45, 2.75) is 0 Å². The minimum Gasteiger partial charge on any atom is -0.365 e. The van der Waals surface area contributed by atoms with Crippen LogP contribution in [0.4, 0.5) is 10.6 Å². The standard InChI is InChI=1S/C18H16N4O2/c19-16(23)15-13-9-8-12(7-6-11-4-2-1-3-5-11)10-14(13)21-17(15)22-18(20)24/h1-10,21H,(H2,19,23)(H3,20,22,24)/b7-6+. The summed E-state index contributed by atoms with van der Waals surface area (Å²) in [4.78, 5) is 25.7. The third kappa shape index (κ3) is 3.12. The first kappa shape index (κ1) is 15.4. The zero-order valence-electron chi connectivity index (χ0n) is 12.7. The van der Waals surface area contributed by atoms with E-state index in [-0.39, 0.29) is 11.4 Å². The Hall–Kier alpha value is -3.54. The van der Waals surface area contributed by atoms with Crippen molar-refractivity contribution in [3.63, 3.8) is 0 Å². The number of anilines is 1. The van der Waals surface area contributed by atoms with Gasteiger partial charge in [-0.1, -0.05) is 54.6 Å². The van der Waals surface area contributed by atoms with E-state index in [1.54, 1.807) is 6.07 Å². The lowest BCUT2D eigenvalue weighted by molar-refractivity contribution is 0.100. The molecule has 6 N–H and O–H groups in total. The quantitative estimate of drug-likeness (QED) is 0.554. The summed E-state index contributed by atoms with van der Waals surface area (Å²) in [5, 5.41) is 3.01. The van der Waals surface area contributed by atoms with Crippen molar-refractivity contribution in [3.05, 3.63) is 65.2 Å². The molecule has 0 saturated heterocycles. The van der Waals surface area contributed by atoms with Gasteiger partial charge in [0.2, 0.25) is 0 Å². The second-order valence-electron chi connectivity index (χ2n) is 5.28. The van der Waals surface area contributed by atoms with Crippen LogP contribution in [0.2, 0.25) is 0 Å². The SMILES string of the molecule is NC(=O)Nc1[nH]c2cc(/C=C/c3ccccc3)ccc2c1C(N)=O. The van der Waals surface area contributed by atoms with E-state index in [0.29, 0.717) is 10.9 Å². The molecule has 6 nitrogen and oxygen atoms in total. The largest absolute Gasteiger partial charge is 0.365 e. The first-order chi connectivity index (χ1) is 11.5. The molecular formula is C18H16N4O2. The van der Waals surface area contributed by atoms with Crippen molar-refractivity contribution >= 4 is 40.8 Å². The molecule has 0 atom stereocenters. The molecule has 0 aliphatic carbocycles. The Labute approximate surface area is 138 Å². The van der Waals surface area contributed by atoms with Gasteiger partial charge >= 0.3 is 6.03 Å². The number of nitrogens with one attached hydrogen (secondary N) is 2. The topological polar surface area (TPSA) is 114 Å². The van der Waals surface area contributed by atoms with E-state index in [9.17, 15) is 9.59 Å². The lowest BCUT2D eigenvalue weighted by Crippen LogP contribution is -2.22. The number of aromatic nitrogens is 1. The first-order valence-electron chi connectivity index (χ1n) is 7.29. The van der Waals surface area contributed by atoms with Gasteiger partial charge in [0, 0.05) is 10.9 Å². The number of H-pyrrole nitrogens is 1. The van der Waals surface area contributed by atoms with Crippen LogP contribution in [0.25, 0.3) is 23.1 Å². The van der Waals surface area contributed by atoms with Gasteiger partial charge in [-0.25, -0.2) is 4.79 Å². The maximum atomic E-state index is 11.7. The fourth-order valence-corrected chi connectivity index (χ4v) is 2.55. The van der Waals surface area contributed by atoms with Crippen molar-refractivity contribution < 1.29 is 9.59 Å². The number of fused-ring (bicyclic) bond motifs is 1. The van der Waals surface area contributed by atoms with Crippen LogP contribution in [0.5, 0.6) is 0 Å². The van der Waals surface area contributed by atoms with Gasteiger partial charge < -0.3 is 16.5 Å². The fourth-order valence-electron chi connectivity index (χ4n) is 2.55. The fraction of sp³-hybridized carbons (Fsp3) is 0. The third-order valence-electron chi connectivity index (χ3n) is 3.59. The molecule has 3 rings (SSSR count). The molecule has 0 unspecified atom stereocenters. The number of amides is 3. The number of urea groups is 1. The summed E-state index contributed by atoms with van der Waals surface area (Å²) in [5.74, 6) is -0.438. The van der Waals surface area contributed by atoms with E-state index in [1.165, 1.54) is 0 Å². The van der Waals surface area contributed by atoms with Crippen LogP contribution in [0, 0.1) is 0 Å². The molecule has 1 aromatic heterocycles. The van der Waals surface area contributed by atoms with Crippen molar-refractivity contribution in [2.75, 3.05) is 5.32 Å². The molecule has 0 radical (unpaired) electrons. The summed E-state index contributed by atoms with van der Waals surface area (Å²) >= 11 is 0. The summed E-state index contributed by atoms with van der Waals surface area (Å²) < 4.78 is 0. The van der Waals surface area contributed by atoms with Gasteiger partial charge in [-0.15, -0.1) is 0 Å². The molecule has 120 valence electrons. The Morgan fingerprint density at radius 1 is 0.958 bits per heavy atom.